The van der Waals surface area contributed by atoms with E-state index in [4.69, 9.17) is 4.74 Å². The highest BCUT2D eigenvalue weighted by Gasteiger charge is 2.09. The van der Waals surface area contributed by atoms with Gasteiger partial charge in [-0.05, 0) is 65.7 Å². The topological polar surface area (TPSA) is 38.3 Å². The molecular formula is C22H19F2NO2. The standard InChI is InChI=1S/C22H19F2NO2/c1-14(16-4-3-15-5-8-20(27-2)13-18(15)11-16)25-22(26)10-6-17-12-19(23)7-9-21(17)24/h3-14H,1-2H3,(H,25,26)/b10-6+. The molecule has 0 aromatic heterocycles. The van der Waals surface area contributed by atoms with Crippen LogP contribution < -0.4 is 10.1 Å². The summed E-state index contributed by atoms with van der Waals surface area (Å²) in [6, 6.07) is 14.5. The van der Waals surface area contributed by atoms with Gasteiger partial charge in [-0.1, -0.05) is 18.2 Å². The second-order valence-electron chi connectivity index (χ2n) is 6.20. The Morgan fingerprint density at radius 3 is 2.59 bits per heavy atom. The lowest BCUT2D eigenvalue weighted by atomic mass is 10.0. The molecule has 0 heterocycles. The highest BCUT2D eigenvalue weighted by Crippen LogP contribution is 2.24. The van der Waals surface area contributed by atoms with E-state index in [1.54, 1.807) is 7.11 Å². The Morgan fingerprint density at radius 1 is 1.04 bits per heavy atom. The number of methoxy groups -OCH3 is 1. The molecule has 3 aromatic carbocycles. The second kappa shape index (κ2) is 7.99. The van der Waals surface area contributed by atoms with E-state index in [1.165, 1.54) is 12.2 Å². The van der Waals surface area contributed by atoms with E-state index in [-0.39, 0.29) is 11.6 Å². The fraction of sp³-hybridized carbons (Fsp3) is 0.136. The van der Waals surface area contributed by atoms with Crippen LogP contribution in [0.1, 0.15) is 24.1 Å². The lowest BCUT2D eigenvalue weighted by Crippen LogP contribution is -2.24. The summed E-state index contributed by atoms with van der Waals surface area (Å²) in [5.41, 5.74) is 0.949. The van der Waals surface area contributed by atoms with Crippen LogP contribution in [0.5, 0.6) is 5.75 Å². The van der Waals surface area contributed by atoms with Gasteiger partial charge in [-0.15, -0.1) is 0 Å². The number of nitrogens with one attached hydrogen (secondary N) is 1. The van der Waals surface area contributed by atoms with Gasteiger partial charge < -0.3 is 10.1 Å². The van der Waals surface area contributed by atoms with Crippen molar-refractivity contribution in [3.05, 3.63) is 83.4 Å². The molecule has 0 aliphatic heterocycles. The van der Waals surface area contributed by atoms with E-state index >= 15 is 0 Å². The maximum atomic E-state index is 13.6. The number of ether oxygens (including phenoxy) is 1. The van der Waals surface area contributed by atoms with E-state index in [2.05, 4.69) is 5.32 Å². The van der Waals surface area contributed by atoms with Crippen LogP contribution in [0.4, 0.5) is 8.78 Å². The van der Waals surface area contributed by atoms with Gasteiger partial charge in [-0.2, -0.15) is 0 Å². The van der Waals surface area contributed by atoms with E-state index < -0.39 is 17.5 Å². The van der Waals surface area contributed by atoms with Crippen LogP contribution in [0, 0.1) is 11.6 Å². The predicted octanol–water partition coefficient (Wildman–Crippen LogP) is 5.02. The third kappa shape index (κ3) is 4.50. The van der Waals surface area contributed by atoms with Gasteiger partial charge in [0, 0.05) is 11.6 Å². The van der Waals surface area contributed by atoms with Crippen LogP contribution in [0.3, 0.4) is 0 Å². The van der Waals surface area contributed by atoms with Crippen LogP contribution in [0.15, 0.2) is 60.7 Å². The number of amides is 1. The van der Waals surface area contributed by atoms with Gasteiger partial charge in [-0.3, -0.25) is 4.79 Å². The number of carbonyl (C=O) groups excluding carboxylic acids is 1. The van der Waals surface area contributed by atoms with E-state index in [0.29, 0.717) is 0 Å². The molecule has 0 saturated carbocycles. The summed E-state index contributed by atoms with van der Waals surface area (Å²) in [6.45, 7) is 1.86. The van der Waals surface area contributed by atoms with Crippen LogP contribution in [0.25, 0.3) is 16.8 Å². The van der Waals surface area contributed by atoms with Crippen molar-refractivity contribution in [2.24, 2.45) is 0 Å². The summed E-state index contributed by atoms with van der Waals surface area (Å²) in [7, 11) is 1.61. The van der Waals surface area contributed by atoms with Gasteiger partial charge >= 0.3 is 0 Å². The van der Waals surface area contributed by atoms with Gasteiger partial charge in [0.2, 0.25) is 5.91 Å². The molecular weight excluding hydrogens is 348 g/mol. The molecule has 0 aliphatic carbocycles. The minimum atomic E-state index is -0.586. The van der Waals surface area contributed by atoms with Gasteiger partial charge in [0.25, 0.3) is 0 Å². The predicted molar refractivity (Wildman–Crippen MR) is 102 cm³/mol. The van der Waals surface area contributed by atoms with Gasteiger partial charge in [0.15, 0.2) is 0 Å². The molecule has 0 fully saturated rings. The Balaban J connectivity index is 1.73. The van der Waals surface area contributed by atoms with Crippen molar-refractivity contribution in [1.29, 1.82) is 0 Å². The zero-order valence-electron chi connectivity index (χ0n) is 15.0. The smallest absolute Gasteiger partial charge is 0.244 e. The molecule has 27 heavy (non-hydrogen) atoms. The Bertz CT molecular complexity index is 1010. The summed E-state index contributed by atoms with van der Waals surface area (Å²) in [5.74, 6) is -0.776. The second-order valence-corrected chi connectivity index (χ2v) is 6.20. The van der Waals surface area contributed by atoms with Crippen molar-refractivity contribution >= 4 is 22.8 Å². The SMILES string of the molecule is COc1ccc2ccc(C(C)NC(=O)/C=C/c3cc(F)ccc3F)cc2c1. The molecule has 3 rings (SSSR count). The summed E-state index contributed by atoms with van der Waals surface area (Å²) in [5, 5.41) is 4.89. The van der Waals surface area contributed by atoms with Crippen molar-refractivity contribution in [3.8, 4) is 5.75 Å². The van der Waals surface area contributed by atoms with E-state index in [0.717, 1.165) is 40.3 Å². The first-order chi connectivity index (χ1) is 13.0. The average molecular weight is 367 g/mol. The normalized spacial score (nSPS) is 12.3. The van der Waals surface area contributed by atoms with E-state index in [1.807, 2.05) is 43.3 Å². The number of benzene rings is 3. The van der Waals surface area contributed by atoms with Crippen LogP contribution >= 0.6 is 0 Å². The molecule has 1 amide bonds. The molecule has 3 aromatic rings. The highest BCUT2D eigenvalue weighted by atomic mass is 19.1. The van der Waals surface area contributed by atoms with Crippen molar-refractivity contribution < 1.29 is 18.3 Å². The largest absolute Gasteiger partial charge is 0.497 e. The van der Waals surface area contributed by atoms with E-state index in [9.17, 15) is 13.6 Å². The monoisotopic (exact) mass is 367 g/mol. The van der Waals surface area contributed by atoms with Gasteiger partial charge in [0.05, 0.1) is 13.2 Å². The maximum Gasteiger partial charge on any atom is 0.244 e. The molecule has 138 valence electrons. The summed E-state index contributed by atoms with van der Waals surface area (Å²) in [6.07, 6.45) is 2.45. The lowest BCUT2D eigenvalue weighted by Gasteiger charge is -2.14. The number of fused-ring (bicyclic) bond motifs is 1. The minimum Gasteiger partial charge on any atom is -0.497 e. The molecule has 0 bridgehead atoms. The van der Waals surface area contributed by atoms with Crippen LogP contribution in [0.2, 0.25) is 0 Å². The Hall–Kier alpha value is -3.21. The van der Waals surface area contributed by atoms with Crippen LogP contribution in [-0.4, -0.2) is 13.0 Å². The number of carbonyl (C=O) groups is 1. The third-order valence-electron chi connectivity index (χ3n) is 4.30. The van der Waals surface area contributed by atoms with Crippen molar-refractivity contribution in [2.75, 3.05) is 7.11 Å². The number of hydrogen-bond acceptors (Lipinski definition) is 2. The molecule has 0 radical (unpaired) electrons. The zero-order chi connectivity index (χ0) is 19.4. The summed E-state index contributed by atoms with van der Waals surface area (Å²) >= 11 is 0. The molecule has 0 aliphatic rings. The maximum absolute atomic E-state index is 13.6. The number of halogens is 2. The number of rotatable bonds is 5. The molecule has 5 heteroatoms. The Kier molecular flexibility index (Phi) is 5.50. The highest BCUT2D eigenvalue weighted by molar-refractivity contribution is 5.92. The lowest BCUT2D eigenvalue weighted by molar-refractivity contribution is -0.117. The van der Waals surface area contributed by atoms with Gasteiger partial charge in [0.1, 0.15) is 17.4 Å². The fourth-order valence-electron chi connectivity index (χ4n) is 2.79. The van der Waals surface area contributed by atoms with Crippen molar-refractivity contribution in [1.82, 2.24) is 5.32 Å². The fourth-order valence-corrected chi connectivity index (χ4v) is 2.79. The summed E-state index contributed by atoms with van der Waals surface area (Å²) in [4.78, 5) is 12.1. The summed E-state index contributed by atoms with van der Waals surface area (Å²) < 4.78 is 32.0. The Labute approximate surface area is 156 Å². The van der Waals surface area contributed by atoms with Gasteiger partial charge in [-0.25, -0.2) is 8.78 Å². The molecule has 1 atom stereocenters. The van der Waals surface area contributed by atoms with Crippen LogP contribution in [-0.2, 0) is 4.79 Å². The molecule has 1 unspecified atom stereocenters. The molecule has 3 nitrogen and oxygen atoms in total. The first-order valence-corrected chi connectivity index (χ1v) is 8.47. The first-order valence-electron chi connectivity index (χ1n) is 8.47. The quantitative estimate of drug-likeness (QED) is 0.643. The van der Waals surface area contributed by atoms with Crippen molar-refractivity contribution in [2.45, 2.75) is 13.0 Å². The molecule has 0 saturated heterocycles. The number of hydrogen-bond donors (Lipinski definition) is 1. The molecule has 0 spiro atoms. The molecule has 1 N–H and O–H groups in total. The average Bonchev–Trinajstić information content (AvgIpc) is 2.67. The third-order valence-corrected chi connectivity index (χ3v) is 4.30. The van der Waals surface area contributed by atoms with Crippen molar-refractivity contribution in [3.63, 3.8) is 0 Å². The first kappa shape index (κ1) is 18.6. The Morgan fingerprint density at radius 2 is 1.81 bits per heavy atom. The zero-order valence-corrected chi connectivity index (χ0v) is 15.0. The minimum absolute atomic E-state index is 0.0237.